The van der Waals surface area contributed by atoms with E-state index in [0.29, 0.717) is 6.61 Å². The molecule has 0 spiro atoms. The zero-order valence-corrected chi connectivity index (χ0v) is 12.3. The Bertz CT molecular complexity index is 430. The molecule has 1 saturated heterocycles. The van der Waals surface area contributed by atoms with Crippen molar-refractivity contribution in [3.8, 4) is 0 Å². The van der Waals surface area contributed by atoms with Crippen LogP contribution in [0.5, 0.6) is 0 Å². The molecule has 1 N–H and O–H groups in total. The first-order valence-electron chi connectivity index (χ1n) is 7.60. The van der Waals surface area contributed by atoms with E-state index in [1.807, 2.05) is 0 Å². The third kappa shape index (κ3) is 2.19. The molecule has 0 unspecified atom stereocenters. The van der Waals surface area contributed by atoms with Crippen LogP contribution in [0.15, 0.2) is 11.6 Å². The van der Waals surface area contributed by atoms with Crippen molar-refractivity contribution >= 4 is 5.97 Å². The molecule has 5 atom stereocenters. The summed E-state index contributed by atoms with van der Waals surface area (Å²) >= 11 is 0. The van der Waals surface area contributed by atoms with Crippen LogP contribution in [0.3, 0.4) is 0 Å². The quantitative estimate of drug-likeness (QED) is 0.621. The van der Waals surface area contributed by atoms with Crippen molar-refractivity contribution in [2.24, 2.45) is 17.3 Å². The van der Waals surface area contributed by atoms with Gasteiger partial charge < -0.3 is 14.6 Å². The van der Waals surface area contributed by atoms with Crippen LogP contribution in [-0.2, 0) is 14.3 Å². The van der Waals surface area contributed by atoms with Gasteiger partial charge in [0.2, 0.25) is 0 Å². The lowest BCUT2D eigenvalue weighted by Gasteiger charge is -2.43. The van der Waals surface area contributed by atoms with Gasteiger partial charge in [0.25, 0.3) is 0 Å². The summed E-state index contributed by atoms with van der Waals surface area (Å²) in [4.78, 5) is 12.1. The Hall–Kier alpha value is -0.870. The number of aliphatic hydroxyl groups is 1. The van der Waals surface area contributed by atoms with Gasteiger partial charge in [0.1, 0.15) is 6.10 Å². The molecule has 0 aromatic rings. The molecule has 2 fully saturated rings. The number of hydrogen-bond donors (Lipinski definition) is 1. The lowest BCUT2D eigenvalue weighted by molar-refractivity contribution is -0.153. The Morgan fingerprint density at radius 3 is 3.10 bits per heavy atom. The van der Waals surface area contributed by atoms with E-state index in [0.717, 1.165) is 32.1 Å². The average Bonchev–Trinajstić information content (AvgIpc) is 2.72. The molecular weight excluding hydrogens is 256 g/mol. The fraction of sp³-hybridized carbons (Fsp3) is 0.812. The Labute approximate surface area is 120 Å². The maximum atomic E-state index is 12.1. The SMILES string of the molecule is COC[C@@H]1C(=O)O[C@@H]2[C@H]1CCC1=CCC[C@](C)(C1)[C@H]2O. The molecule has 0 amide bonds. The molecule has 4 nitrogen and oxygen atoms in total. The lowest BCUT2D eigenvalue weighted by atomic mass is 9.65. The second-order valence-electron chi connectivity index (χ2n) is 6.84. The zero-order chi connectivity index (χ0) is 14.3. The summed E-state index contributed by atoms with van der Waals surface area (Å²) in [6.45, 7) is 2.52. The average molecular weight is 280 g/mol. The van der Waals surface area contributed by atoms with Crippen LogP contribution < -0.4 is 0 Å². The van der Waals surface area contributed by atoms with Gasteiger partial charge in [0.15, 0.2) is 0 Å². The largest absolute Gasteiger partial charge is 0.459 e. The summed E-state index contributed by atoms with van der Waals surface area (Å²) in [5, 5.41) is 10.8. The molecule has 2 aliphatic carbocycles. The Morgan fingerprint density at radius 1 is 1.55 bits per heavy atom. The summed E-state index contributed by atoms with van der Waals surface area (Å²) in [6, 6.07) is 0. The first-order valence-corrected chi connectivity index (χ1v) is 7.60. The number of ether oxygens (including phenoxy) is 2. The minimum atomic E-state index is -0.567. The predicted octanol–water partition coefficient (Wildman–Crippen LogP) is 2.06. The van der Waals surface area contributed by atoms with Gasteiger partial charge in [-0.2, -0.15) is 0 Å². The predicted molar refractivity (Wildman–Crippen MR) is 74.0 cm³/mol. The molecular formula is C16H24O4. The maximum Gasteiger partial charge on any atom is 0.312 e. The monoisotopic (exact) mass is 280 g/mol. The van der Waals surface area contributed by atoms with Gasteiger partial charge in [-0.05, 0) is 32.1 Å². The first-order chi connectivity index (χ1) is 9.55. The van der Waals surface area contributed by atoms with Gasteiger partial charge in [0.05, 0.1) is 18.6 Å². The van der Waals surface area contributed by atoms with Crippen molar-refractivity contribution < 1.29 is 19.4 Å². The Kier molecular flexibility index (Phi) is 3.63. The molecule has 20 heavy (non-hydrogen) atoms. The van der Waals surface area contributed by atoms with E-state index in [2.05, 4.69) is 13.0 Å². The van der Waals surface area contributed by atoms with Gasteiger partial charge in [-0.25, -0.2) is 0 Å². The fourth-order valence-corrected chi connectivity index (χ4v) is 4.22. The van der Waals surface area contributed by atoms with Gasteiger partial charge in [-0.1, -0.05) is 18.6 Å². The lowest BCUT2D eigenvalue weighted by Crippen LogP contribution is -2.47. The normalized spacial score (nSPS) is 44.1. The maximum absolute atomic E-state index is 12.1. The van der Waals surface area contributed by atoms with Crippen LogP contribution >= 0.6 is 0 Å². The van der Waals surface area contributed by atoms with E-state index in [1.54, 1.807) is 7.11 Å². The first kappa shape index (κ1) is 14.1. The smallest absolute Gasteiger partial charge is 0.312 e. The summed E-state index contributed by atoms with van der Waals surface area (Å²) in [6.07, 6.45) is 6.24. The third-order valence-electron chi connectivity index (χ3n) is 5.44. The number of fused-ring (bicyclic) bond motifs is 3. The number of hydrogen-bond acceptors (Lipinski definition) is 4. The van der Waals surface area contributed by atoms with Gasteiger partial charge in [-0.3, -0.25) is 4.79 Å². The standard InChI is InChI=1S/C16H24O4/c1-16-7-3-4-10(8-16)5-6-11-12(9-19-2)15(18)20-13(11)14(16)17/h4,11-14,17H,3,5-9H2,1-2H3/t11-,12-,13+,14-,16+/m0/s1. The van der Waals surface area contributed by atoms with Crippen molar-refractivity contribution in [3.05, 3.63) is 11.6 Å². The number of carbonyl (C=O) groups is 1. The van der Waals surface area contributed by atoms with Gasteiger partial charge in [0, 0.05) is 18.4 Å². The van der Waals surface area contributed by atoms with E-state index < -0.39 is 6.10 Å². The highest BCUT2D eigenvalue weighted by Gasteiger charge is 2.53. The van der Waals surface area contributed by atoms with Crippen LogP contribution in [0, 0.1) is 17.3 Å². The molecule has 1 aliphatic heterocycles. The molecule has 2 bridgehead atoms. The minimum absolute atomic E-state index is 0.0820. The minimum Gasteiger partial charge on any atom is -0.459 e. The number of aliphatic hydroxyl groups excluding tert-OH is 1. The second-order valence-corrected chi connectivity index (χ2v) is 6.84. The molecule has 0 radical (unpaired) electrons. The molecule has 0 aromatic heterocycles. The van der Waals surface area contributed by atoms with E-state index >= 15 is 0 Å². The molecule has 3 rings (SSSR count). The molecule has 3 aliphatic rings. The molecule has 112 valence electrons. The highest BCUT2D eigenvalue weighted by Crippen LogP contribution is 2.48. The Morgan fingerprint density at radius 2 is 2.35 bits per heavy atom. The summed E-state index contributed by atoms with van der Waals surface area (Å²) in [5.74, 6) is -0.337. The summed E-state index contributed by atoms with van der Waals surface area (Å²) in [5.41, 5.74) is 1.28. The van der Waals surface area contributed by atoms with Crippen LogP contribution in [0.2, 0.25) is 0 Å². The third-order valence-corrected chi connectivity index (χ3v) is 5.44. The fourth-order valence-electron chi connectivity index (χ4n) is 4.22. The number of allylic oxidation sites excluding steroid dienone is 2. The van der Waals surface area contributed by atoms with Crippen molar-refractivity contribution in [3.63, 3.8) is 0 Å². The van der Waals surface area contributed by atoms with Crippen LogP contribution in [0.25, 0.3) is 0 Å². The van der Waals surface area contributed by atoms with E-state index in [9.17, 15) is 9.90 Å². The van der Waals surface area contributed by atoms with Crippen molar-refractivity contribution in [1.29, 1.82) is 0 Å². The second kappa shape index (κ2) is 5.15. The highest BCUT2D eigenvalue weighted by molar-refractivity contribution is 5.75. The number of rotatable bonds is 2. The summed E-state index contributed by atoms with van der Waals surface area (Å²) < 4.78 is 10.7. The van der Waals surface area contributed by atoms with Crippen molar-refractivity contribution in [1.82, 2.24) is 0 Å². The molecule has 1 heterocycles. The van der Waals surface area contributed by atoms with Gasteiger partial charge in [-0.15, -0.1) is 0 Å². The molecule has 0 aromatic carbocycles. The van der Waals surface area contributed by atoms with E-state index in [4.69, 9.17) is 9.47 Å². The van der Waals surface area contributed by atoms with E-state index in [-0.39, 0.29) is 29.3 Å². The van der Waals surface area contributed by atoms with E-state index in [1.165, 1.54) is 5.57 Å². The van der Waals surface area contributed by atoms with Crippen LogP contribution in [0.4, 0.5) is 0 Å². The van der Waals surface area contributed by atoms with Crippen molar-refractivity contribution in [2.45, 2.75) is 51.2 Å². The van der Waals surface area contributed by atoms with Crippen LogP contribution in [-0.4, -0.2) is 37.0 Å². The summed E-state index contributed by atoms with van der Waals surface area (Å²) in [7, 11) is 1.61. The number of carbonyl (C=O) groups excluding carboxylic acids is 1. The van der Waals surface area contributed by atoms with Gasteiger partial charge >= 0.3 is 5.97 Å². The molecule has 4 heteroatoms. The topological polar surface area (TPSA) is 55.8 Å². The molecule has 1 saturated carbocycles. The zero-order valence-electron chi connectivity index (χ0n) is 12.3. The Balaban J connectivity index is 1.90. The van der Waals surface area contributed by atoms with Crippen molar-refractivity contribution in [2.75, 3.05) is 13.7 Å². The number of esters is 1. The number of methoxy groups -OCH3 is 1. The van der Waals surface area contributed by atoms with Crippen LogP contribution in [0.1, 0.15) is 39.0 Å². The highest BCUT2D eigenvalue weighted by atomic mass is 16.6.